The van der Waals surface area contributed by atoms with Gasteiger partial charge in [-0.1, -0.05) is 6.07 Å². The van der Waals surface area contributed by atoms with E-state index in [1.807, 2.05) is 20.8 Å². The molecule has 0 fully saturated rings. The Kier molecular flexibility index (Phi) is 3.55. The van der Waals surface area contributed by atoms with Gasteiger partial charge in [0.05, 0.1) is 17.8 Å². The Labute approximate surface area is 111 Å². The van der Waals surface area contributed by atoms with E-state index < -0.39 is 5.97 Å². The monoisotopic (exact) mass is 260 g/mol. The number of carbonyl (C=O) groups is 1. The highest BCUT2D eigenvalue weighted by atomic mass is 16.4. The van der Waals surface area contributed by atoms with Crippen molar-refractivity contribution in [2.24, 2.45) is 0 Å². The molecule has 0 aliphatic rings. The number of hydrogen-bond donors (Lipinski definition) is 2. The first-order valence-electron chi connectivity index (χ1n) is 5.98. The summed E-state index contributed by atoms with van der Waals surface area (Å²) in [6.07, 6.45) is 0. The van der Waals surface area contributed by atoms with Crippen LogP contribution in [0.3, 0.4) is 0 Å². The van der Waals surface area contributed by atoms with Crippen LogP contribution in [0.1, 0.15) is 33.3 Å². The Hall–Kier alpha value is -2.30. The smallest absolute Gasteiger partial charge is 0.337 e. The van der Waals surface area contributed by atoms with Gasteiger partial charge in [-0.05, 0) is 38.5 Å². The van der Waals surface area contributed by atoms with Crippen LogP contribution in [0.25, 0.3) is 0 Å². The number of nitrogens with one attached hydrogen (secondary N) is 1. The van der Waals surface area contributed by atoms with Gasteiger partial charge in [0, 0.05) is 5.69 Å². The molecule has 2 rings (SSSR count). The molecular weight excluding hydrogens is 244 g/mol. The Bertz CT molecular complexity index is 598. The largest absolute Gasteiger partial charge is 0.478 e. The quantitative estimate of drug-likeness (QED) is 0.884. The van der Waals surface area contributed by atoms with Gasteiger partial charge >= 0.3 is 5.97 Å². The van der Waals surface area contributed by atoms with Gasteiger partial charge in [-0.2, -0.15) is 0 Å². The predicted octanol–water partition coefficient (Wildman–Crippen LogP) is 2.91. The van der Waals surface area contributed by atoms with Gasteiger partial charge in [0.25, 0.3) is 0 Å². The number of oxazole rings is 1. The zero-order chi connectivity index (χ0) is 14.0. The summed E-state index contributed by atoms with van der Waals surface area (Å²) in [7, 11) is 0. The number of nitrogens with zero attached hydrogens (tertiary/aromatic N) is 1. The van der Waals surface area contributed by atoms with Gasteiger partial charge in [0.15, 0.2) is 0 Å². The molecule has 0 bridgehead atoms. The minimum absolute atomic E-state index is 0.241. The number of aryl methyl sites for hydroxylation is 3. The van der Waals surface area contributed by atoms with E-state index >= 15 is 0 Å². The minimum atomic E-state index is -0.956. The van der Waals surface area contributed by atoms with Crippen molar-refractivity contribution in [1.82, 2.24) is 4.98 Å². The summed E-state index contributed by atoms with van der Waals surface area (Å²) in [5.74, 6) is 0.370. The van der Waals surface area contributed by atoms with Crippen molar-refractivity contribution in [1.29, 1.82) is 0 Å². The fraction of sp³-hybridized carbons (Fsp3) is 0.286. The Balaban J connectivity index is 2.19. The molecule has 5 nitrogen and oxygen atoms in total. The molecular formula is C14H16N2O3. The van der Waals surface area contributed by atoms with Crippen molar-refractivity contribution < 1.29 is 14.3 Å². The van der Waals surface area contributed by atoms with Gasteiger partial charge in [0.2, 0.25) is 5.89 Å². The third-order valence-electron chi connectivity index (χ3n) is 2.91. The van der Waals surface area contributed by atoms with Crippen molar-refractivity contribution in [2.75, 3.05) is 5.32 Å². The highest BCUT2D eigenvalue weighted by Gasteiger charge is 2.11. The summed E-state index contributed by atoms with van der Waals surface area (Å²) in [5, 5.41) is 12.2. The van der Waals surface area contributed by atoms with Crippen LogP contribution in [0, 0.1) is 20.8 Å². The van der Waals surface area contributed by atoms with E-state index in [1.54, 1.807) is 18.2 Å². The molecule has 0 aliphatic carbocycles. The highest BCUT2D eigenvalue weighted by Crippen LogP contribution is 2.19. The van der Waals surface area contributed by atoms with E-state index in [-0.39, 0.29) is 5.56 Å². The van der Waals surface area contributed by atoms with Gasteiger partial charge in [0.1, 0.15) is 5.76 Å². The van der Waals surface area contributed by atoms with E-state index in [9.17, 15) is 4.79 Å². The fourth-order valence-corrected chi connectivity index (χ4v) is 1.78. The van der Waals surface area contributed by atoms with Crippen LogP contribution >= 0.6 is 0 Å². The van der Waals surface area contributed by atoms with E-state index in [2.05, 4.69) is 10.3 Å². The molecule has 0 spiro atoms. The first-order chi connectivity index (χ1) is 8.97. The molecule has 2 aromatic rings. The maximum atomic E-state index is 11.1. The van der Waals surface area contributed by atoms with Crippen molar-refractivity contribution in [3.63, 3.8) is 0 Å². The van der Waals surface area contributed by atoms with E-state index in [0.717, 1.165) is 17.0 Å². The molecule has 5 heteroatoms. The fourth-order valence-electron chi connectivity index (χ4n) is 1.78. The molecule has 0 aliphatic heterocycles. The second-order valence-electron chi connectivity index (χ2n) is 4.46. The second kappa shape index (κ2) is 5.14. The molecule has 0 radical (unpaired) electrons. The normalized spacial score (nSPS) is 10.5. The predicted molar refractivity (Wildman–Crippen MR) is 71.4 cm³/mol. The maximum absolute atomic E-state index is 11.1. The highest BCUT2D eigenvalue weighted by molar-refractivity contribution is 5.94. The average Bonchev–Trinajstić information content (AvgIpc) is 2.66. The number of carboxylic acids is 1. The van der Waals surface area contributed by atoms with Crippen LogP contribution in [0.4, 0.5) is 5.69 Å². The third kappa shape index (κ3) is 2.93. The first kappa shape index (κ1) is 13.1. The van der Waals surface area contributed by atoms with E-state index in [4.69, 9.17) is 9.52 Å². The standard InChI is InChI=1S/C14H16N2O3/c1-8-4-5-11(14(17)18)12(6-8)15-7-13-16-9(2)10(3)19-13/h4-6,15H,7H2,1-3H3,(H,17,18). The minimum Gasteiger partial charge on any atom is -0.478 e. The molecule has 0 saturated carbocycles. The lowest BCUT2D eigenvalue weighted by Crippen LogP contribution is -2.07. The lowest BCUT2D eigenvalue weighted by molar-refractivity contribution is 0.0698. The first-order valence-corrected chi connectivity index (χ1v) is 5.98. The second-order valence-corrected chi connectivity index (χ2v) is 4.46. The van der Waals surface area contributed by atoms with E-state index in [0.29, 0.717) is 18.1 Å². The number of carboxylic acid groups (broad SMARTS) is 1. The number of rotatable bonds is 4. The van der Waals surface area contributed by atoms with Gasteiger partial charge in [-0.15, -0.1) is 0 Å². The van der Waals surface area contributed by atoms with Gasteiger partial charge < -0.3 is 14.8 Å². The van der Waals surface area contributed by atoms with Crippen molar-refractivity contribution in [3.8, 4) is 0 Å². The van der Waals surface area contributed by atoms with Crippen LogP contribution < -0.4 is 5.32 Å². The number of anilines is 1. The zero-order valence-corrected chi connectivity index (χ0v) is 11.2. The molecule has 0 amide bonds. The SMILES string of the molecule is Cc1ccc(C(=O)O)c(NCc2nc(C)c(C)o2)c1. The Morgan fingerprint density at radius 2 is 2.11 bits per heavy atom. The summed E-state index contributed by atoms with van der Waals surface area (Å²) in [6.45, 7) is 5.99. The molecule has 1 aromatic heterocycles. The van der Waals surface area contributed by atoms with Crippen molar-refractivity contribution >= 4 is 11.7 Å². The number of aromatic carboxylic acids is 1. The molecule has 0 unspecified atom stereocenters. The Morgan fingerprint density at radius 1 is 1.37 bits per heavy atom. The average molecular weight is 260 g/mol. The third-order valence-corrected chi connectivity index (χ3v) is 2.91. The molecule has 1 aromatic carbocycles. The lowest BCUT2D eigenvalue weighted by Gasteiger charge is -2.08. The zero-order valence-electron chi connectivity index (χ0n) is 11.2. The lowest BCUT2D eigenvalue weighted by atomic mass is 10.1. The summed E-state index contributed by atoms with van der Waals surface area (Å²) < 4.78 is 5.45. The molecule has 2 N–H and O–H groups in total. The van der Waals surface area contributed by atoms with Crippen LogP contribution in [0.5, 0.6) is 0 Å². The Morgan fingerprint density at radius 3 is 2.68 bits per heavy atom. The molecule has 0 atom stereocenters. The molecule has 100 valence electrons. The van der Waals surface area contributed by atoms with Crippen LogP contribution in [0.15, 0.2) is 22.6 Å². The summed E-state index contributed by atoms with van der Waals surface area (Å²) in [4.78, 5) is 15.4. The van der Waals surface area contributed by atoms with Crippen molar-refractivity contribution in [2.45, 2.75) is 27.3 Å². The van der Waals surface area contributed by atoms with E-state index in [1.165, 1.54) is 0 Å². The van der Waals surface area contributed by atoms with Crippen LogP contribution in [0.2, 0.25) is 0 Å². The molecule has 19 heavy (non-hydrogen) atoms. The maximum Gasteiger partial charge on any atom is 0.337 e. The molecule has 0 saturated heterocycles. The summed E-state index contributed by atoms with van der Waals surface area (Å²) >= 11 is 0. The van der Waals surface area contributed by atoms with Gasteiger partial charge in [-0.25, -0.2) is 9.78 Å². The summed E-state index contributed by atoms with van der Waals surface area (Å²) in [5.41, 5.74) is 2.65. The number of benzene rings is 1. The number of hydrogen-bond acceptors (Lipinski definition) is 4. The number of aromatic nitrogens is 1. The van der Waals surface area contributed by atoms with Crippen molar-refractivity contribution in [3.05, 3.63) is 46.7 Å². The van der Waals surface area contributed by atoms with Crippen LogP contribution in [-0.2, 0) is 6.54 Å². The summed E-state index contributed by atoms with van der Waals surface area (Å²) in [6, 6.07) is 5.16. The topological polar surface area (TPSA) is 75.4 Å². The van der Waals surface area contributed by atoms with Gasteiger partial charge in [-0.3, -0.25) is 0 Å². The molecule has 1 heterocycles. The van der Waals surface area contributed by atoms with Crippen LogP contribution in [-0.4, -0.2) is 16.1 Å².